The van der Waals surface area contributed by atoms with E-state index in [0.29, 0.717) is 5.82 Å². The fourth-order valence-corrected chi connectivity index (χ4v) is 5.29. The van der Waals surface area contributed by atoms with Crippen LogP contribution < -0.4 is 4.90 Å². The van der Waals surface area contributed by atoms with Gasteiger partial charge >= 0.3 is 0 Å². The van der Waals surface area contributed by atoms with Gasteiger partial charge in [0.25, 0.3) is 0 Å². The lowest BCUT2D eigenvalue weighted by molar-refractivity contribution is -0.940. The predicted molar refractivity (Wildman–Crippen MR) is 105 cm³/mol. The van der Waals surface area contributed by atoms with Gasteiger partial charge in [-0.05, 0) is 12.5 Å². The van der Waals surface area contributed by atoms with E-state index < -0.39 is 0 Å². The van der Waals surface area contributed by atoms with Gasteiger partial charge in [0.1, 0.15) is 17.2 Å². The number of fused-ring (bicyclic) bond motifs is 2. The molecule has 0 spiro atoms. The van der Waals surface area contributed by atoms with Crippen LogP contribution in [0.25, 0.3) is 4.96 Å². The Morgan fingerprint density at radius 1 is 1.07 bits per heavy atom. The lowest BCUT2D eigenvalue weighted by Gasteiger charge is -2.32. The Labute approximate surface area is 161 Å². The molecule has 0 fully saturated rings. The number of thiazole rings is 1. The van der Waals surface area contributed by atoms with Gasteiger partial charge in [-0.25, -0.2) is 4.98 Å². The van der Waals surface area contributed by atoms with E-state index in [1.165, 1.54) is 21.6 Å². The van der Waals surface area contributed by atoms with E-state index in [1.807, 2.05) is 13.0 Å². The predicted octanol–water partition coefficient (Wildman–Crippen LogP) is 2.54. The molecular formula is C21H21N4OS+. The summed E-state index contributed by atoms with van der Waals surface area (Å²) in [5.74, 6) is 0.898. The van der Waals surface area contributed by atoms with Crippen LogP contribution in [0.3, 0.4) is 0 Å². The van der Waals surface area contributed by atoms with Crippen LogP contribution in [0, 0.1) is 6.92 Å². The minimum atomic E-state index is 0.0633. The molecule has 2 atom stereocenters. The minimum Gasteiger partial charge on any atom is -0.492 e. The number of rotatable bonds is 3. The molecule has 0 amide bonds. The first-order chi connectivity index (χ1) is 13.2. The van der Waals surface area contributed by atoms with Crippen molar-refractivity contribution in [3.05, 3.63) is 82.0 Å². The van der Waals surface area contributed by atoms with Gasteiger partial charge in [0.05, 0.1) is 6.54 Å². The fourth-order valence-electron chi connectivity index (χ4n) is 4.10. The summed E-state index contributed by atoms with van der Waals surface area (Å²) in [5, 5.41) is 15.3. The van der Waals surface area contributed by atoms with Crippen molar-refractivity contribution < 1.29 is 10.0 Å². The third-order valence-electron chi connectivity index (χ3n) is 5.36. The zero-order valence-electron chi connectivity index (χ0n) is 15.1. The standard InChI is InChI=1S/C21H20N4OS/c1-14-22-21-25(23-14)20(26)19(27-21)18(16-8-3-2-4-9-16)24-12-11-15-7-5-6-10-17(15)13-24/h2-10,18,26H,11-13H2,1H3/p+1/t18-/m1/s1. The number of nitrogens with one attached hydrogen (secondary N) is 1. The Morgan fingerprint density at radius 2 is 1.81 bits per heavy atom. The van der Waals surface area contributed by atoms with Crippen molar-refractivity contribution in [2.45, 2.75) is 25.9 Å². The molecule has 5 rings (SSSR count). The van der Waals surface area contributed by atoms with Crippen LogP contribution in [0.4, 0.5) is 0 Å². The average molecular weight is 377 g/mol. The zero-order valence-corrected chi connectivity index (χ0v) is 15.9. The van der Waals surface area contributed by atoms with E-state index in [0.717, 1.165) is 29.3 Å². The Balaban J connectivity index is 1.61. The van der Waals surface area contributed by atoms with E-state index >= 15 is 0 Å². The Hall–Kier alpha value is -2.70. The zero-order chi connectivity index (χ0) is 18.4. The number of aromatic hydroxyl groups is 1. The maximum absolute atomic E-state index is 10.9. The smallest absolute Gasteiger partial charge is 0.235 e. The summed E-state index contributed by atoms with van der Waals surface area (Å²) in [6.07, 6.45) is 1.05. The molecule has 0 radical (unpaired) electrons. The first kappa shape index (κ1) is 16.5. The Bertz CT molecular complexity index is 1100. The van der Waals surface area contributed by atoms with Gasteiger partial charge in [0, 0.05) is 17.5 Å². The number of quaternary nitrogens is 1. The maximum Gasteiger partial charge on any atom is 0.235 e. The molecule has 27 heavy (non-hydrogen) atoms. The summed E-state index contributed by atoms with van der Waals surface area (Å²) in [6.45, 7) is 3.82. The van der Waals surface area contributed by atoms with Crippen molar-refractivity contribution in [2.75, 3.05) is 6.54 Å². The van der Waals surface area contributed by atoms with Crippen LogP contribution in [-0.2, 0) is 13.0 Å². The van der Waals surface area contributed by atoms with Gasteiger partial charge in [-0.3, -0.25) is 0 Å². The third kappa shape index (κ3) is 2.81. The summed E-state index contributed by atoms with van der Waals surface area (Å²) in [4.78, 5) is 7.58. The molecule has 2 N–H and O–H groups in total. The van der Waals surface area contributed by atoms with Crippen molar-refractivity contribution in [1.82, 2.24) is 14.6 Å². The first-order valence-corrected chi connectivity index (χ1v) is 10.0. The third-order valence-corrected chi connectivity index (χ3v) is 6.45. The molecule has 2 aromatic carbocycles. The number of nitrogens with zero attached hydrogens (tertiary/aromatic N) is 3. The number of aromatic nitrogens is 3. The molecule has 1 aliphatic rings. The largest absolute Gasteiger partial charge is 0.492 e. The summed E-state index contributed by atoms with van der Waals surface area (Å²) in [6, 6.07) is 19.2. The number of aryl methyl sites for hydroxylation is 1. The van der Waals surface area contributed by atoms with Crippen molar-refractivity contribution >= 4 is 16.3 Å². The Morgan fingerprint density at radius 3 is 2.59 bits per heavy atom. The van der Waals surface area contributed by atoms with Gasteiger partial charge < -0.3 is 10.0 Å². The normalized spacial score (nSPS) is 17.7. The molecule has 1 unspecified atom stereocenters. The molecule has 5 nitrogen and oxygen atoms in total. The Kier molecular flexibility index (Phi) is 3.95. The van der Waals surface area contributed by atoms with Crippen LogP contribution in [-0.4, -0.2) is 26.2 Å². The lowest BCUT2D eigenvalue weighted by atomic mass is 9.96. The molecule has 0 bridgehead atoms. The van der Waals surface area contributed by atoms with Gasteiger partial charge in [0.2, 0.25) is 10.8 Å². The molecule has 6 heteroatoms. The van der Waals surface area contributed by atoms with Crippen LogP contribution in [0.2, 0.25) is 0 Å². The number of hydrogen-bond donors (Lipinski definition) is 2. The van der Waals surface area contributed by atoms with E-state index in [4.69, 9.17) is 0 Å². The van der Waals surface area contributed by atoms with E-state index in [-0.39, 0.29) is 11.9 Å². The van der Waals surface area contributed by atoms with Crippen LogP contribution in [0.15, 0.2) is 54.6 Å². The molecule has 136 valence electrons. The van der Waals surface area contributed by atoms with Crippen molar-refractivity contribution in [1.29, 1.82) is 0 Å². The fraction of sp³-hybridized carbons (Fsp3) is 0.238. The highest BCUT2D eigenvalue weighted by atomic mass is 32.1. The molecule has 4 aromatic rings. The molecule has 0 saturated carbocycles. The average Bonchev–Trinajstić information content (AvgIpc) is 3.20. The lowest BCUT2D eigenvalue weighted by Crippen LogP contribution is -3.12. The van der Waals surface area contributed by atoms with Gasteiger partial charge in [-0.2, -0.15) is 4.52 Å². The van der Waals surface area contributed by atoms with E-state index in [1.54, 1.807) is 15.9 Å². The van der Waals surface area contributed by atoms with Crippen molar-refractivity contribution in [2.24, 2.45) is 0 Å². The molecular weight excluding hydrogens is 356 g/mol. The van der Waals surface area contributed by atoms with E-state index in [2.05, 4.69) is 58.6 Å². The van der Waals surface area contributed by atoms with Crippen LogP contribution >= 0.6 is 11.3 Å². The highest BCUT2D eigenvalue weighted by Gasteiger charge is 2.34. The molecule has 1 aliphatic heterocycles. The van der Waals surface area contributed by atoms with Gasteiger partial charge in [-0.15, -0.1) is 5.10 Å². The highest BCUT2D eigenvalue weighted by Crippen LogP contribution is 2.35. The summed E-state index contributed by atoms with van der Waals surface area (Å²) < 4.78 is 1.57. The summed E-state index contributed by atoms with van der Waals surface area (Å²) in [7, 11) is 0. The molecule has 0 aliphatic carbocycles. The minimum absolute atomic E-state index is 0.0633. The monoisotopic (exact) mass is 377 g/mol. The van der Waals surface area contributed by atoms with Gasteiger partial charge in [0.15, 0.2) is 6.04 Å². The summed E-state index contributed by atoms with van der Waals surface area (Å²) >= 11 is 1.54. The molecule has 0 saturated heterocycles. The number of hydrogen-bond acceptors (Lipinski definition) is 4. The van der Waals surface area contributed by atoms with Crippen molar-refractivity contribution in [3.63, 3.8) is 0 Å². The first-order valence-electron chi connectivity index (χ1n) is 9.22. The quantitative estimate of drug-likeness (QED) is 0.577. The van der Waals surface area contributed by atoms with Gasteiger partial charge in [-0.1, -0.05) is 65.9 Å². The van der Waals surface area contributed by atoms with E-state index in [9.17, 15) is 5.11 Å². The van der Waals surface area contributed by atoms with Crippen LogP contribution in [0.1, 0.15) is 33.4 Å². The summed E-state index contributed by atoms with van der Waals surface area (Å²) in [5.41, 5.74) is 4.05. The molecule has 3 heterocycles. The maximum atomic E-state index is 10.9. The second-order valence-electron chi connectivity index (χ2n) is 7.09. The SMILES string of the molecule is Cc1nc2sc([C@@H](c3ccccc3)[NH+]3CCc4ccccc4C3)c(O)n2n1. The number of benzene rings is 2. The second-order valence-corrected chi connectivity index (χ2v) is 8.10. The molecule has 2 aromatic heterocycles. The second kappa shape index (κ2) is 6.48. The highest BCUT2D eigenvalue weighted by molar-refractivity contribution is 7.17. The van der Waals surface area contributed by atoms with Crippen molar-refractivity contribution in [3.8, 4) is 5.88 Å². The van der Waals surface area contributed by atoms with Crippen LogP contribution in [0.5, 0.6) is 5.88 Å². The topological polar surface area (TPSA) is 54.9 Å².